The maximum absolute atomic E-state index is 5.39. The van der Waals surface area contributed by atoms with Crippen LogP contribution in [0.4, 0.5) is 0 Å². The van der Waals surface area contributed by atoms with Crippen LogP contribution in [0.15, 0.2) is 34.9 Å². The van der Waals surface area contributed by atoms with E-state index in [1.165, 1.54) is 0 Å². The van der Waals surface area contributed by atoms with Gasteiger partial charge in [0.15, 0.2) is 11.7 Å². The van der Waals surface area contributed by atoms with Gasteiger partial charge in [-0.2, -0.15) is 0 Å². The molecule has 0 bridgehead atoms. The largest absolute Gasteiger partial charge is 0.497 e. The minimum atomic E-state index is 0.677. The lowest BCUT2D eigenvalue weighted by molar-refractivity contribution is 0.415. The highest BCUT2D eigenvalue weighted by Crippen LogP contribution is 2.22. The molecule has 0 N–H and O–H groups in total. The van der Waals surface area contributed by atoms with Crippen LogP contribution in [0.5, 0.6) is 5.75 Å². The van der Waals surface area contributed by atoms with E-state index in [-0.39, 0.29) is 0 Å². The Morgan fingerprint density at radius 1 is 1.21 bits per heavy atom. The van der Waals surface area contributed by atoms with Gasteiger partial charge in [-0.1, -0.05) is 0 Å². The number of aromatic nitrogens is 1. The lowest BCUT2D eigenvalue weighted by Crippen LogP contribution is -1.81. The van der Waals surface area contributed by atoms with Crippen LogP contribution >= 0.6 is 0 Å². The van der Waals surface area contributed by atoms with Gasteiger partial charge < -0.3 is 9.15 Å². The third kappa shape index (κ3) is 1.62. The van der Waals surface area contributed by atoms with Crippen LogP contribution in [0.3, 0.4) is 0 Å². The van der Waals surface area contributed by atoms with Gasteiger partial charge in [0.1, 0.15) is 5.75 Å². The zero-order chi connectivity index (χ0) is 9.97. The summed E-state index contributed by atoms with van der Waals surface area (Å²) in [6.45, 7) is 1.83. The monoisotopic (exact) mass is 189 g/mol. The first-order valence-corrected chi connectivity index (χ1v) is 4.36. The molecule has 1 aromatic heterocycles. The summed E-state index contributed by atoms with van der Waals surface area (Å²) in [5.74, 6) is 2.30. The fourth-order valence-electron chi connectivity index (χ4n) is 1.25. The molecule has 0 radical (unpaired) electrons. The van der Waals surface area contributed by atoms with Crippen molar-refractivity contribution < 1.29 is 9.15 Å². The summed E-state index contributed by atoms with van der Waals surface area (Å²) >= 11 is 0. The van der Waals surface area contributed by atoms with Crippen LogP contribution in [0.2, 0.25) is 0 Å². The van der Waals surface area contributed by atoms with Crippen molar-refractivity contribution in [2.75, 3.05) is 7.11 Å². The lowest BCUT2D eigenvalue weighted by Gasteiger charge is -1.99. The van der Waals surface area contributed by atoms with E-state index in [9.17, 15) is 0 Å². The Morgan fingerprint density at radius 2 is 1.93 bits per heavy atom. The molecule has 14 heavy (non-hydrogen) atoms. The van der Waals surface area contributed by atoms with E-state index in [0.717, 1.165) is 17.1 Å². The standard InChI is InChI=1S/C11H11NO2/c1-8-12-7-11(14-8)9-3-5-10(13-2)6-4-9/h3-7H,1-2H3. The zero-order valence-corrected chi connectivity index (χ0v) is 8.15. The predicted molar refractivity (Wildman–Crippen MR) is 53.2 cm³/mol. The van der Waals surface area contributed by atoms with Gasteiger partial charge in [-0.3, -0.25) is 0 Å². The third-order valence-electron chi connectivity index (χ3n) is 2.00. The molecule has 1 aromatic carbocycles. The normalized spacial score (nSPS) is 10.1. The van der Waals surface area contributed by atoms with Crippen LogP contribution in [-0.4, -0.2) is 12.1 Å². The minimum Gasteiger partial charge on any atom is -0.497 e. The van der Waals surface area contributed by atoms with Crippen molar-refractivity contribution in [1.82, 2.24) is 4.98 Å². The molecular formula is C11H11NO2. The summed E-state index contributed by atoms with van der Waals surface area (Å²) in [7, 11) is 1.65. The van der Waals surface area contributed by atoms with E-state index in [1.807, 2.05) is 31.2 Å². The summed E-state index contributed by atoms with van der Waals surface area (Å²) in [4.78, 5) is 4.04. The topological polar surface area (TPSA) is 35.3 Å². The highest BCUT2D eigenvalue weighted by atomic mass is 16.5. The molecule has 0 aliphatic heterocycles. The quantitative estimate of drug-likeness (QED) is 0.728. The number of hydrogen-bond acceptors (Lipinski definition) is 3. The van der Waals surface area contributed by atoms with E-state index in [2.05, 4.69) is 4.98 Å². The summed E-state index contributed by atoms with van der Waals surface area (Å²) in [6.07, 6.45) is 1.72. The first-order valence-electron chi connectivity index (χ1n) is 4.36. The van der Waals surface area contributed by atoms with Gasteiger partial charge in [-0.15, -0.1) is 0 Å². The SMILES string of the molecule is COc1ccc(-c2cnc(C)o2)cc1. The van der Waals surface area contributed by atoms with Crippen molar-refractivity contribution in [1.29, 1.82) is 0 Å². The maximum atomic E-state index is 5.39. The fraction of sp³-hybridized carbons (Fsp3) is 0.182. The van der Waals surface area contributed by atoms with E-state index < -0.39 is 0 Å². The Labute approximate surface area is 82.3 Å². The second kappa shape index (κ2) is 3.54. The molecule has 0 unspecified atom stereocenters. The number of methoxy groups -OCH3 is 1. The molecule has 0 aliphatic carbocycles. The highest BCUT2D eigenvalue weighted by molar-refractivity contribution is 5.57. The third-order valence-corrected chi connectivity index (χ3v) is 2.00. The smallest absolute Gasteiger partial charge is 0.191 e. The number of ether oxygens (including phenoxy) is 1. The summed E-state index contributed by atoms with van der Waals surface area (Å²) < 4.78 is 10.5. The van der Waals surface area contributed by atoms with Gasteiger partial charge >= 0.3 is 0 Å². The second-order valence-corrected chi connectivity index (χ2v) is 2.97. The summed E-state index contributed by atoms with van der Waals surface area (Å²) in [5.41, 5.74) is 1.01. The Hall–Kier alpha value is -1.77. The van der Waals surface area contributed by atoms with Crippen LogP contribution in [0.25, 0.3) is 11.3 Å². The van der Waals surface area contributed by atoms with Crippen molar-refractivity contribution in [2.45, 2.75) is 6.92 Å². The summed E-state index contributed by atoms with van der Waals surface area (Å²) in [5, 5.41) is 0. The highest BCUT2D eigenvalue weighted by Gasteiger charge is 2.02. The van der Waals surface area contributed by atoms with E-state index >= 15 is 0 Å². The molecule has 2 rings (SSSR count). The van der Waals surface area contributed by atoms with Crippen LogP contribution in [-0.2, 0) is 0 Å². The molecule has 0 saturated heterocycles. The Bertz CT molecular complexity index is 417. The van der Waals surface area contributed by atoms with Crippen LogP contribution < -0.4 is 4.74 Å². The number of nitrogens with zero attached hydrogens (tertiary/aromatic N) is 1. The number of oxazole rings is 1. The second-order valence-electron chi connectivity index (χ2n) is 2.97. The number of benzene rings is 1. The van der Waals surface area contributed by atoms with E-state index in [1.54, 1.807) is 13.3 Å². The predicted octanol–water partition coefficient (Wildman–Crippen LogP) is 2.66. The zero-order valence-electron chi connectivity index (χ0n) is 8.15. The van der Waals surface area contributed by atoms with Crippen molar-refractivity contribution in [3.05, 3.63) is 36.4 Å². The average molecular weight is 189 g/mol. The molecule has 0 spiro atoms. The molecule has 0 amide bonds. The van der Waals surface area contributed by atoms with Gasteiger partial charge in [0, 0.05) is 12.5 Å². The number of rotatable bonds is 2. The fourth-order valence-corrected chi connectivity index (χ4v) is 1.25. The van der Waals surface area contributed by atoms with Gasteiger partial charge in [-0.25, -0.2) is 4.98 Å². The minimum absolute atomic E-state index is 0.677. The van der Waals surface area contributed by atoms with Gasteiger partial charge in [0.25, 0.3) is 0 Å². The Kier molecular flexibility index (Phi) is 2.23. The van der Waals surface area contributed by atoms with E-state index in [0.29, 0.717) is 5.89 Å². The molecule has 3 nitrogen and oxygen atoms in total. The lowest BCUT2D eigenvalue weighted by atomic mass is 10.2. The van der Waals surface area contributed by atoms with Crippen molar-refractivity contribution in [2.24, 2.45) is 0 Å². The molecule has 0 aliphatic rings. The number of aryl methyl sites for hydroxylation is 1. The van der Waals surface area contributed by atoms with Gasteiger partial charge in [-0.05, 0) is 24.3 Å². The molecule has 2 aromatic rings. The molecule has 1 heterocycles. The van der Waals surface area contributed by atoms with Crippen molar-refractivity contribution in [3.8, 4) is 17.1 Å². The molecule has 3 heteroatoms. The van der Waals surface area contributed by atoms with E-state index in [4.69, 9.17) is 9.15 Å². The molecule has 0 fully saturated rings. The molecule has 0 saturated carbocycles. The van der Waals surface area contributed by atoms with Gasteiger partial charge in [0.2, 0.25) is 0 Å². The van der Waals surface area contributed by atoms with Crippen molar-refractivity contribution >= 4 is 0 Å². The molecule has 72 valence electrons. The first-order chi connectivity index (χ1) is 6.79. The van der Waals surface area contributed by atoms with Crippen LogP contribution in [0.1, 0.15) is 5.89 Å². The Morgan fingerprint density at radius 3 is 2.43 bits per heavy atom. The van der Waals surface area contributed by atoms with Gasteiger partial charge in [0.05, 0.1) is 13.3 Å². The first kappa shape index (κ1) is 8.81. The number of hydrogen-bond donors (Lipinski definition) is 0. The molecule has 0 atom stereocenters. The maximum Gasteiger partial charge on any atom is 0.191 e. The molecular weight excluding hydrogens is 178 g/mol. The Balaban J connectivity index is 2.33. The van der Waals surface area contributed by atoms with Crippen molar-refractivity contribution in [3.63, 3.8) is 0 Å². The average Bonchev–Trinajstić information content (AvgIpc) is 2.65. The van der Waals surface area contributed by atoms with Crippen LogP contribution in [0, 0.1) is 6.92 Å². The summed E-state index contributed by atoms with van der Waals surface area (Å²) in [6, 6.07) is 7.68.